The molecule has 1 heterocycles. The maximum Gasteiger partial charge on any atom is 0.524 e. The Bertz CT molecular complexity index is 1700. The zero-order valence-corrected chi connectivity index (χ0v) is 28.1. The number of fused-ring (bicyclic) bond motifs is 1. The molecule has 8 N–H and O–H groups in total. The summed E-state index contributed by atoms with van der Waals surface area (Å²) in [6.45, 7) is 2.16. The number of carbonyl (C=O) groups excluding carboxylic acids is 5. The number of phosphoric ester groups is 1. The minimum absolute atomic E-state index is 0.00911. The number of benzene rings is 2. The van der Waals surface area contributed by atoms with Crippen molar-refractivity contribution in [1.82, 2.24) is 25.8 Å². The predicted octanol–water partition coefficient (Wildman–Crippen LogP) is 1.55. The zero-order valence-electron chi connectivity index (χ0n) is 27.2. The van der Waals surface area contributed by atoms with Crippen LogP contribution in [-0.2, 0) is 41.5 Å². The van der Waals surface area contributed by atoms with Gasteiger partial charge in [0, 0.05) is 38.1 Å². The van der Waals surface area contributed by atoms with Crippen molar-refractivity contribution in [2.45, 2.75) is 82.5 Å². The molecule has 1 fully saturated rings. The van der Waals surface area contributed by atoms with Gasteiger partial charge in [-0.1, -0.05) is 49.6 Å². The molecule has 1 aromatic heterocycles. The molecule has 49 heavy (non-hydrogen) atoms. The van der Waals surface area contributed by atoms with E-state index >= 15 is 0 Å². The third-order valence-electron chi connectivity index (χ3n) is 8.37. The highest BCUT2D eigenvalue weighted by Crippen LogP contribution is 2.37. The van der Waals surface area contributed by atoms with E-state index in [1.807, 2.05) is 36.5 Å². The molecule has 1 saturated carbocycles. The Balaban J connectivity index is 1.42. The van der Waals surface area contributed by atoms with Crippen molar-refractivity contribution in [1.29, 1.82) is 0 Å². The molecule has 264 valence electrons. The Morgan fingerprint density at radius 1 is 0.939 bits per heavy atom. The van der Waals surface area contributed by atoms with Crippen LogP contribution < -0.4 is 31.5 Å². The summed E-state index contributed by atoms with van der Waals surface area (Å²) in [5.74, 6) is -3.23. The van der Waals surface area contributed by atoms with Crippen LogP contribution in [0.1, 0.15) is 57.4 Å². The van der Waals surface area contributed by atoms with E-state index < -0.39 is 61.4 Å². The van der Waals surface area contributed by atoms with Crippen LogP contribution in [0.15, 0.2) is 60.8 Å². The third kappa shape index (κ3) is 10.9. The Hall–Kier alpha value is -4.72. The van der Waals surface area contributed by atoms with Crippen molar-refractivity contribution >= 4 is 48.3 Å². The number of amides is 5. The van der Waals surface area contributed by atoms with E-state index in [1.165, 1.54) is 31.2 Å². The SMILES string of the molecule is CC(=O)N[C@@H](Cc1ccc(OP(=O)(O)O)cc1)C(=O)NC1(C(=O)N[C@@H](CC(N)=O)C(=O)NCCCn2ccc3ccccc32)CCCCC1. The first-order valence-electron chi connectivity index (χ1n) is 16.1. The van der Waals surface area contributed by atoms with Crippen LogP contribution in [0.4, 0.5) is 0 Å². The highest BCUT2D eigenvalue weighted by atomic mass is 31.2. The van der Waals surface area contributed by atoms with Gasteiger partial charge in [-0.05, 0) is 54.5 Å². The second-order valence-electron chi connectivity index (χ2n) is 12.2. The molecule has 2 aromatic carbocycles. The van der Waals surface area contributed by atoms with E-state index in [9.17, 15) is 28.5 Å². The average Bonchev–Trinajstić information content (AvgIpc) is 3.45. The summed E-state index contributed by atoms with van der Waals surface area (Å²) in [7, 11) is -4.76. The maximum absolute atomic E-state index is 13.9. The molecular weight excluding hydrogens is 655 g/mol. The van der Waals surface area contributed by atoms with Crippen molar-refractivity contribution in [2.24, 2.45) is 5.73 Å². The molecule has 0 radical (unpaired) electrons. The normalized spacial score (nSPS) is 15.4. The number of rotatable bonds is 16. The number of aryl methyl sites for hydroxylation is 1. The molecule has 0 aliphatic heterocycles. The lowest BCUT2D eigenvalue weighted by atomic mass is 9.80. The average molecular weight is 699 g/mol. The molecule has 0 saturated heterocycles. The highest BCUT2D eigenvalue weighted by Gasteiger charge is 2.43. The molecule has 0 bridgehead atoms. The number of primary amides is 1. The molecule has 1 aliphatic carbocycles. The van der Waals surface area contributed by atoms with Crippen LogP contribution in [-0.4, -0.2) is 68.1 Å². The zero-order chi connectivity index (χ0) is 35.6. The van der Waals surface area contributed by atoms with E-state index in [-0.39, 0.29) is 31.6 Å². The number of nitrogens with one attached hydrogen (secondary N) is 4. The Morgan fingerprint density at radius 2 is 1.63 bits per heavy atom. The second-order valence-corrected chi connectivity index (χ2v) is 13.4. The molecule has 0 unspecified atom stereocenters. The number of hydrogen-bond donors (Lipinski definition) is 7. The summed E-state index contributed by atoms with van der Waals surface area (Å²) in [6.07, 6.45) is 4.68. The monoisotopic (exact) mass is 698 g/mol. The minimum Gasteiger partial charge on any atom is -0.404 e. The fourth-order valence-corrected chi connectivity index (χ4v) is 6.42. The lowest BCUT2D eigenvalue weighted by molar-refractivity contribution is -0.139. The Kier molecular flexibility index (Phi) is 12.6. The molecule has 1 aliphatic rings. The van der Waals surface area contributed by atoms with Gasteiger partial charge >= 0.3 is 7.82 Å². The van der Waals surface area contributed by atoms with Crippen molar-refractivity contribution in [3.8, 4) is 5.75 Å². The largest absolute Gasteiger partial charge is 0.524 e. The molecule has 5 amide bonds. The number of para-hydroxylation sites is 1. The van der Waals surface area contributed by atoms with Crippen molar-refractivity contribution in [2.75, 3.05) is 6.54 Å². The molecule has 0 spiro atoms. The van der Waals surface area contributed by atoms with Crippen LogP contribution >= 0.6 is 7.82 Å². The van der Waals surface area contributed by atoms with Crippen molar-refractivity contribution < 1.29 is 42.8 Å². The van der Waals surface area contributed by atoms with Crippen LogP contribution in [0.3, 0.4) is 0 Å². The van der Waals surface area contributed by atoms with Crippen LogP contribution in [0.2, 0.25) is 0 Å². The topological polar surface area (TPSA) is 231 Å². The van der Waals surface area contributed by atoms with Crippen LogP contribution in [0.25, 0.3) is 10.9 Å². The summed E-state index contributed by atoms with van der Waals surface area (Å²) in [5.41, 5.74) is 5.63. The Labute approximate surface area is 283 Å². The van der Waals surface area contributed by atoms with Crippen LogP contribution in [0.5, 0.6) is 5.75 Å². The lowest BCUT2D eigenvalue weighted by Crippen LogP contribution is -2.65. The third-order valence-corrected chi connectivity index (χ3v) is 8.82. The first-order chi connectivity index (χ1) is 23.2. The smallest absolute Gasteiger partial charge is 0.404 e. The second kappa shape index (κ2) is 16.6. The van der Waals surface area contributed by atoms with E-state index in [0.717, 1.165) is 17.3 Å². The number of hydrogen-bond acceptors (Lipinski definition) is 7. The minimum atomic E-state index is -4.76. The van der Waals surface area contributed by atoms with Gasteiger partial charge in [0.05, 0.1) is 6.42 Å². The van der Waals surface area contributed by atoms with E-state index in [0.29, 0.717) is 31.4 Å². The molecule has 3 aromatic rings. The molecule has 15 nitrogen and oxygen atoms in total. The van der Waals surface area contributed by atoms with Gasteiger partial charge in [0.15, 0.2) is 0 Å². The summed E-state index contributed by atoms with van der Waals surface area (Å²) >= 11 is 0. The highest BCUT2D eigenvalue weighted by molar-refractivity contribution is 7.46. The number of nitrogens with two attached hydrogens (primary N) is 1. The quantitative estimate of drug-likeness (QED) is 0.0849. The number of carbonyl (C=O) groups is 5. The van der Waals surface area contributed by atoms with Gasteiger partial charge < -0.3 is 36.1 Å². The van der Waals surface area contributed by atoms with Gasteiger partial charge in [-0.2, -0.15) is 0 Å². The van der Waals surface area contributed by atoms with Gasteiger partial charge in [0.25, 0.3) is 0 Å². The lowest BCUT2D eigenvalue weighted by Gasteiger charge is -2.38. The molecule has 16 heteroatoms. The summed E-state index contributed by atoms with van der Waals surface area (Å²) in [4.78, 5) is 82.8. The van der Waals surface area contributed by atoms with Gasteiger partial charge in [-0.25, -0.2) is 4.57 Å². The standard InChI is InChI=1S/C33H43N6O9P/c1-22(40)36-26(20-23-10-12-25(13-11-23)48-49(45,46)47)31(43)38-33(15-5-2-6-16-33)32(44)37-27(21-29(34)41)30(42)35-17-7-18-39-19-14-24-8-3-4-9-28(24)39/h3-4,8-14,19,26-27H,2,5-7,15-18,20-21H2,1H3,(H2,34,41)(H,35,42)(H,36,40)(H,37,44)(H,38,43)(H2,45,46,47)/t26-,27-/m0/s1. The molecular formula is C33H43N6O9P. The summed E-state index contributed by atoms with van der Waals surface area (Å²) < 4.78 is 17.8. The van der Waals surface area contributed by atoms with Gasteiger partial charge in [-0.3, -0.25) is 33.8 Å². The van der Waals surface area contributed by atoms with Crippen LogP contribution in [0, 0.1) is 0 Å². The summed E-state index contributed by atoms with van der Waals surface area (Å²) in [6, 6.07) is 13.2. The van der Waals surface area contributed by atoms with E-state index in [4.69, 9.17) is 15.5 Å². The fourth-order valence-electron chi connectivity index (χ4n) is 6.03. The van der Waals surface area contributed by atoms with Crippen molar-refractivity contribution in [3.63, 3.8) is 0 Å². The van der Waals surface area contributed by atoms with Gasteiger partial charge in [-0.15, -0.1) is 0 Å². The van der Waals surface area contributed by atoms with Gasteiger partial charge in [0.2, 0.25) is 29.5 Å². The number of aromatic nitrogens is 1. The molecule has 4 rings (SSSR count). The number of nitrogens with zero attached hydrogens (tertiary/aromatic N) is 1. The Morgan fingerprint density at radius 3 is 2.29 bits per heavy atom. The first kappa shape index (κ1) is 37.1. The van der Waals surface area contributed by atoms with Gasteiger partial charge in [0.1, 0.15) is 23.4 Å². The van der Waals surface area contributed by atoms with E-state index in [2.05, 4.69) is 30.4 Å². The summed E-state index contributed by atoms with van der Waals surface area (Å²) in [5, 5.41) is 12.0. The predicted molar refractivity (Wildman–Crippen MR) is 180 cm³/mol. The fraction of sp³-hybridized carbons (Fsp3) is 0.424. The maximum atomic E-state index is 13.9. The van der Waals surface area contributed by atoms with E-state index in [1.54, 1.807) is 0 Å². The number of phosphoric acid groups is 1. The van der Waals surface area contributed by atoms with Crippen molar-refractivity contribution in [3.05, 3.63) is 66.4 Å². The molecule has 2 atom stereocenters. The first-order valence-corrected chi connectivity index (χ1v) is 17.6.